The third-order valence-electron chi connectivity index (χ3n) is 7.94. The van der Waals surface area contributed by atoms with Gasteiger partial charge in [-0.25, -0.2) is 0 Å². The Morgan fingerprint density at radius 3 is 2.29 bits per heavy atom. The Morgan fingerprint density at radius 2 is 1.75 bits per heavy atom. The molecule has 162 valence electrons. The molecule has 0 aromatic carbocycles. The lowest BCUT2D eigenvalue weighted by Gasteiger charge is -2.49. The minimum absolute atomic E-state index is 0.0738. The smallest absolute Gasteiger partial charge is 0.219 e. The number of hydrogen-bond acceptors (Lipinski definition) is 4. The third kappa shape index (κ3) is 5.09. The van der Waals surface area contributed by atoms with Crippen molar-refractivity contribution in [3.8, 4) is 0 Å². The number of carbonyl (C=O) groups excluding carboxylic acids is 1. The molecular weight excluding hydrogens is 352 g/mol. The molecule has 0 aromatic rings. The first kappa shape index (κ1) is 22.0. The van der Waals surface area contributed by atoms with Crippen LogP contribution in [0.1, 0.15) is 79.1 Å². The molecule has 3 fully saturated rings. The van der Waals surface area contributed by atoms with Gasteiger partial charge in [0.2, 0.25) is 5.91 Å². The van der Waals surface area contributed by atoms with Crippen molar-refractivity contribution in [3.05, 3.63) is 0 Å². The first-order valence-corrected chi connectivity index (χ1v) is 11.3. The normalized spacial score (nSPS) is 34.4. The molecule has 1 saturated carbocycles. The summed E-state index contributed by atoms with van der Waals surface area (Å²) in [5.74, 6) is 0.871. The summed E-state index contributed by atoms with van der Waals surface area (Å²) in [5.41, 5.74) is -0.243. The maximum absolute atomic E-state index is 11.8. The fourth-order valence-corrected chi connectivity index (χ4v) is 5.65. The molecule has 1 N–H and O–H groups in total. The van der Waals surface area contributed by atoms with Gasteiger partial charge in [-0.1, -0.05) is 20.8 Å². The zero-order valence-corrected chi connectivity index (χ0v) is 18.8. The van der Waals surface area contributed by atoms with Gasteiger partial charge >= 0.3 is 0 Å². The van der Waals surface area contributed by atoms with Crippen LogP contribution >= 0.6 is 0 Å². The second-order valence-corrected chi connectivity index (χ2v) is 10.9. The van der Waals surface area contributed by atoms with E-state index in [2.05, 4.69) is 25.7 Å². The number of hydrogen-bond donors (Lipinski definition) is 1. The van der Waals surface area contributed by atoms with Gasteiger partial charge in [0.15, 0.2) is 0 Å². The van der Waals surface area contributed by atoms with Crippen molar-refractivity contribution in [1.82, 2.24) is 9.80 Å². The Balaban J connectivity index is 1.50. The lowest BCUT2D eigenvalue weighted by Crippen LogP contribution is -2.56. The van der Waals surface area contributed by atoms with E-state index in [1.54, 1.807) is 6.92 Å². The van der Waals surface area contributed by atoms with Crippen LogP contribution in [-0.4, -0.2) is 71.3 Å². The summed E-state index contributed by atoms with van der Waals surface area (Å²) in [6.45, 7) is 12.2. The second kappa shape index (κ2) is 8.23. The highest BCUT2D eigenvalue weighted by molar-refractivity contribution is 5.73. The Labute approximate surface area is 171 Å². The van der Waals surface area contributed by atoms with Gasteiger partial charge in [0.1, 0.15) is 0 Å². The monoisotopic (exact) mass is 394 g/mol. The summed E-state index contributed by atoms with van der Waals surface area (Å²) in [6, 6.07) is 0.301. The predicted molar refractivity (Wildman–Crippen MR) is 112 cm³/mol. The van der Waals surface area contributed by atoms with Crippen LogP contribution in [0.4, 0.5) is 0 Å². The minimum atomic E-state index is -0.517. The van der Waals surface area contributed by atoms with Crippen molar-refractivity contribution in [2.24, 2.45) is 11.3 Å². The number of carbonyl (C=O) groups is 1. The fourth-order valence-electron chi connectivity index (χ4n) is 5.65. The van der Waals surface area contributed by atoms with E-state index in [1.807, 2.05) is 11.9 Å². The van der Waals surface area contributed by atoms with Gasteiger partial charge in [-0.2, -0.15) is 0 Å². The van der Waals surface area contributed by atoms with E-state index >= 15 is 0 Å². The van der Waals surface area contributed by atoms with E-state index in [9.17, 15) is 9.90 Å². The van der Waals surface area contributed by atoms with Gasteiger partial charge in [0.05, 0.1) is 11.2 Å². The second-order valence-electron chi connectivity index (χ2n) is 10.9. The number of ether oxygens (including phenoxy) is 1. The molecule has 0 radical (unpaired) electrons. The molecular formula is C23H42N2O3. The average molecular weight is 395 g/mol. The third-order valence-corrected chi connectivity index (χ3v) is 7.94. The molecule has 5 heteroatoms. The van der Waals surface area contributed by atoms with E-state index < -0.39 is 5.60 Å². The van der Waals surface area contributed by atoms with Gasteiger partial charge in [0.25, 0.3) is 0 Å². The van der Waals surface area contributed by atoms with Crippen molar-refractivity contribution in [2.75, 3.05) is 33.3 Å². The summed E-state index contributed by atoms with van der Waals surface area (Å²) >= 11 is 0. The number of β-amino-alcohol motifs (C(OH)–C–C–N with tert-alkyl or cyclic N) is 1. The number of piperidine rings is 1. The van der Waals surface area contributed by atoms with Crippen molar-refractivity contribution in [2.45, 2.75) is 96.3 Å². The Hall–Kier alpha value is -0.650. The molecule has 3 rings (SSSR count). The standard InChI is InChI=1S/C23H42N2O3/c1-18(26)24(5)20-8-15-28-23(16-20)11-13-25(14-12-23)17-22(27)9-6-19(7-10-22)21(2,3)4/h19-20,27H,6-17H2,1-5H3/t19?,20-,22?/m1/s1. The molecule has 1 spiro atoms. The summed E-state index contributed by atoms with van der Waals surface area (Å²) in [7, 11) is 1.92. The first-order valence-electron chi connectivity index (χ1n) is 11.3. The molecule has 1 amide bonds. The Morgan fingerprint density at radius 1 is 1.14 bits per heavy atom. The highest BCUT2D eigenvalue weighted by Crippen LogP contribution is 2.42. The lowest BCUT2D eigenvalue weighted by molar-refractivity contribution is -0.149. The first-order chi connectivity index (χ1) is 13.0. The number of nitrogens with zero attached hydrogens (tertiary/aromatic N) is 2. The quantitative estimate of drug-likeness (QED) is 0.797. The maximum atomic E-state index is 11.8. The molecule has 28 heavy (non-hydrogen) atoms. The lowest BCUT2D eigenvalue weighted by atomic mass is 9.68. The summed E-state index contributed by atoms with van der Waals surface area (Å²) in [4.78, 5) is 16.1. The molecule has 3 aliphatic rings. The highest BCUT2D eigenvalue weighted by atomic mass is 16.5. The van der Waals surface area contributed by atoms with Gasteiger partial charge < -0.3 is 19.6 Å². The molecule has 0 bridgehead atoms. The largest absolute Gasteiger partial charge is 0.389 e. The molecule has 1 aliphatic carbocycles. The molecule has 0 unspecified atom stereocenters. The zero-order valence-electron chi connectivity index (χ0n) is 18.8. The van der Waals surface area contributed by atoms with E-state index in [0.29, 0.717) is 11.5 Å². The summed E-state index contributed by atoms with van der Waals surface area (Å²) in [6.07, 6.45) is 8.05. The van der Waals surface area contributed by atoms with Crippen LogP contribution in [0.2, 0.25) is 0 Å². The number of aliphatic hydroxyl groups is 1. The minimum Gasteiger partial charge on any atom is -0.389 e. The van der Waals surface area contributed by atoms with Crippen LogP contribution in [0.15, 0.2) is 0 Å². The van der Waals surface area contributed by atoms with E-state index in [0.717, 1.165) is 83.5 Å². The van der Waals surface area contributed by atoms with E-state index in [1.165, 1.54) is 0 Å². The van der Waals surface area contributed by atoms with Crippen LogP contribution < -0.4 is 0 Å². The predicted octanol–water partition coefficient (Wildman–Crippen LogP) is 3.45. The number of likely N-dealkylation sites (tertiary alicyclic amines) is 1. The van der Waals surface area contributed by atoms with Crippen LogP contribution in [0, 0.1) is 11.3 Å². The molecule has 2 saturated heterocycles. The van der Waals surface area contributed by atoms with Crippen molar-refractivity contribution >= 4 is 5.91 Å². The molecule has 2 heterocycles. The SMILES string of the molecule is CC(=O)N(C)[C@@H]1CCOC2(CCN(CC3(O)CCC(C(C)(C)C)CC3)CC2)C1. The molecule has 5 nitrogen and oxygen atoms in total. The Bertz CT molecular complexity index is 541. The van der Waals surface area contributed by atoms with E-state index in [4.69, 9.17) is 4.74 Å². The molecule has 2 aliphatic heterocycles. The highest BCUT2D eigenvalue weighted by Gasteiger charge is 2.44. The number of rotatable bonds is 3. The molecule has 0 aromatic heterocycles. The van der Waals surface area contributed by atoms with Crippen molar-refractivity contribution in [3.63, 3.8) is 0 Å². The Kier molecular flexibility index (Phi) is 6.48. The van der Waals surface area contributed by atoms with Crippen LogP contribution in [0.3, 0.4) is 0 Å². The maximum Gasteiger partial charge on any atom is 0.219 e. The van der Waals surface area contributed by atoms with Crippen molar-refractivity contribution in [1.29, 1.82) is 0 Å². The zero-order chi connectivity index (χ0) is 20.6. The van der Waals surface area contributed by atoms with Crippen LogP contribution in [-0.2, 0) is 9.53 Å². The van der Waals surface area contributed by atoms with Crippen molar-refractivity contribution < 1.29 is 14.6 Å². The van der Waals surface area contributed by atoms with Crippen LogP contribution in [0.25, 0.3) is 0 Å². The van der Waals surface area contributed by atoms with E-state index in [-0.39, 0.29) is 11.5 Å². The van der Waals surface area contributed by atoms with Gasteiger partial charge in [-0.05, 0) is 62.7 Å². The fraction of sp³-hybridized carbons (Fsp3) is 0.957. The molecule has 1 atom stereocenters. The average Bonchev–Trinajstić information content (AvgIpc) is 2.63. The van der Waals surface area contributed by atoms with Crippen LogP contribution in [0.5, 0.6) is 0 Å². The van der Waals surface area contributed by atoms with Gasteiger partial charge in [-0.15, -0.1) is 0 Å². The van der Waals surface area contributed by atoms with Gasteiger partial charge in [0, 0.05) is 46.3 Å². The van der Waals surface area contributed by atoms with Gasteiger partial charge in [-0.3, -0.25) is 4.79 Å². The summed E-state index contributed by atoms with van der Waals surface area (Å²) < 4.78 is 6.25. The topological polar surface area (TPSA) is 53.0 Å². The number of amides is 1. The summed E-state index contributed by atoms with van der Waals surface area (Å²) in [5, 5.41) is 11.2.